The van der Waals surface area contributed by atoms with Crippen molar-refractivity contribution in [3.63, 3.8) is 0 Å². The lowest BCUT2D eigenvalue weighted by Gasteiger charge is -2.17. The van der Waals surface area contributed by atoms with Crippen molar-refractivity contribution in [3.8, 4) is 33.4 Å². The van der Waals surface area contributed by atoms with E-state index in [4.69, 9.17) is 32.1 Å². The number of rotatable bonds is 3. The molecule has 0 bridgehead atoms. The van der Waals surface area contributed by atoms with Crippen molar-refractivity contribution in [1.82, 2.24) is 0 Å². The molecule has 0 saturated heterocycles. The molecule has 10 rings (SSSR count). The van der Waals surface area contributed by atoms with Crippen LogP contribution in [0.1, 0.15) is 35.6 Å². The average molecular weight is 613 g/mol. The second-order valence-electron chi connectivity index (χ2n) is 10.0. The average Bonchev–Trinajstić information content (AvgIpc) is 3.92. The summed E-state index contributed by atoms with van der Waals surface area (Å²) in [7, 11) is 0. The molecule has 0 saturated carbocycles. The fourth-order valence-corrected chi connectivity index (χ4v) is 5.57. The van der Waals surface area contributed by atoms with E-state index in [1.54, 1.807) is 0 Å². The molecule has 2 nitrogen and oxygen atoms in total. The Morgan fingerprint density at radius 3 is 1.70 bits per heavy atom. The molecule has 0 radical (unpaired) electrons. The summed E-state index contributed by atoms with van der Waals surface area (Å²) in [5.74, 6) is 0. The van der Waals surface area contributed by atoms with Crippen LogP contribution in [0, 0.1) is 0 Å². The van der Waals surface area contributed by atoms with E-state index in [1.165, 1.54) is 0 Å². The molecule has 46 heavy (non-hydrogen) atoms. The van der Waals surface area contributed by atoms with Gasteiger partial charge in [0.25, 0.3) is 0 Å². The van der Waals surface area contributed by atoms with Crippen LogP contribution in [0.2, 0.25) is 0 Å². The second kappa shape index (κ2) is 9.69. The Labute approximate surface area is 301 Å². The Morgan fingerprint density at radius 1 is 0.370 bits per heavy atom. The van der Waals surface area contributed by atoms with Gasteiger partial charge < -0.3 is 8.83 Å². The summed E-state index contributed by atoms with van der Waals surface area (Å²) >= 11 is 0. The molecule has 214 valence electrons. The fraction of sp³-hybridized carbons (Fsp3) is 0. The minimum atomic E-state index is -0.943. The summed E-state index contributed by atoms with van der Waals surface area (Å²) in [5.41, 5.74) is -5.65. The predicted octanol–water partition coefficient (Wildman–Crippen LogP) is 12.8. The van der Waals surface area contributed by atoms with Crippen molar-refractivity contribution < 1.29 is 44.5 Å². The molecular weight excluding hydrogens is 560 g/mol. The molecule has 0 aliphatic rings. The number of hydrogen-bond donors (Lipinski definition) is 0. The Kier molecular flexibility index (Phi) is 2.26. The van der Waals surface area contributed by atoms with E-state index in [9.17, 15) is 12.3 Å². The first-order valence-corrected chi connectivity index (χ1v) is 13.6. The van der Waals surface area contributed by atoms with Gasteiger partial charge in [-0.3, -0.25) is 0 Å². The van der Waals surface area contributed by atoms with Gasteiger partial charge in [0.2, 0.25) is 0 Å². The molecule has 0 fully saturated rings. The summed E-state index contributed by atoms with van der Waals surface area (Å²) in [6, 6.07) is -21.3. The standard InChI is InChI=1S/C44H26O2/c1-2-11-28(12-3-1)43-33-14-6-8-16-35(33)44(36-17-9-7-15-34(36)43)31-20-21-32-37-24-40-38(25-42(37)46-41(32)23-31)39(26-45-40)30-19-18-27-10-4-5-13-29(27)22-30/h1-26H/i1D,2D,3D,4D,5D,6D,7D,8D,9D,10D,11D,12D,13D,14D,15D,16D,17D,18D,19D,20D,21D,22D,23D,24D,25D,26D. The maximum Gasteiger partial charge on any atom is 0.136 e. The van der Waals surface area contributed by atoms with Crippen LogP contribution >= 0.6 is 0 Å². The first-order valence-electron chi connectivity index (χ1n) is 26.6. The zero-order valence-corrected chi connectivity index (χ0v) is 22.8. The SMILES string of the molecule is [2H]c1oc2c([2H])c3c(oc4c([2H])c(-c5c6c([2H])c([2H])c([2H])c([2H])c6c(-c6c([2H])c([2H])c([2H])c([2H])c6[2H])c6c([2H])c([2H])c([2H])c([2H])c56)c([2H])c([2H])c43)c([2H])c2c1-c1c([2H])c([2H])c2c([2H])c([2H])c([2H])c([2H])c2c1[2H]. The minimum Gasteiger partial charge on any atom is -0.464 e. The molecule has 0 aliphatic heterocycles. The lowest BCUT2D eigenvalue weighted by Crippen LogP contribution is -1.90. The van der Waals surface area contributed by atoms with Crippen LogP contribution in [0.4, 0.5) is 0 Å². The molecular formula is C44H26O2. The molecule has 2 aromatic heterocycles. The van der Waals surface area contributed by atoms with Crippen molar-refractivity contribution in [3.05, 3.63) is 157 Å². The van der Waals surface area contributed by atoms with Crippen LogP contribution in [-0.2, 0) is 0 Å². The Hall–Kier alpha value is -6.12. The highest BCUT2D eigenvalue weighted by Crippen LogP contribution is 2.45. The normalized spacial score (nSPS) is 19.8. The Balaban J connectivity index is 1.40. The van der Waals surface area contributed by atoms with Gasteiger partial charge in [0.15, 0.2) is 0 Å². The van der Waals surface area contributed by atoms with Crippen molar-refractivity contribution in [2.45, 2.75) is 0 Å². The van der Waals surface area contributed by atoms with E-state index in [0.717, 1.165) is 0 Å². The first-order chi connectivity index (χ1) is 33.6. The first kappa shape index (κ1) is 10.8. The van der Waals surface area contributed by atoms with Crippen LogP contribution in [0.15, 0.2) is 166 Å². The number of hydrogen-bond acceptors (Lipinski definition) is 2. The predicted molar refractivity (Wildman–Crippen MR) is 192 cm³/mol. The van der Waals surface area contributed by atoms with Gasteiger partial charge >= 0.3 is 0 Å². The molecule has 2 heterocycles. The summed E-state index contributed by atoms with van der Waals surface area (Å²) in [6.45, 7) is 0. The van der Waals surface area contributed by atoms with Crippen molar-refractivity contribution in [2.24, 2.45) is 0 Å². The van der Waals surface area contributed by atoms with E-state index in [1.807, 2.05) is 0 Å². The van der Waals surface area contributed by atoms with Crippen LogP contribution in [-0.4, -0.2) is 0 Å². The smallest absolute Gasteiger partial charge is 0.136 e. The topological polar surface area (TPSA) is 26.3 Å². The lowest BCUT2D eigenvalue weighted by molar-refractivity contribution is 0.617. The van der Waals surface area contributed by atoms with Gasteiger partial charge in [0, 0.05) is 21.7 Å². The van der Waals surface area contributed by atoms with Gasteiger partial charge in [-0.1, -0.05) is 121 Å². The summed E-state index contributed by atoms with van der Waals surface area (Å²) < 4.78 is 243. The largest absolute Gasteiger partial charge is 0.464 e. The third kappa shape index (κ3) is 3.71. The van der Waals surface area contributed by atoms with Gasteiger partial charge in [-0.15, -0.1) is 0 Å². The zero-order valence-electron chi connectivity index (χ0n) is 48.8. The minimum absolute atomic E-state index is 0.428. The Bertz CT molecular complexity index is 4180. The third-order valence-electron chi connectivity index (χ3n) is 7.54. The molecule has 0 atom stereocenters. The highest BCUT2D eigenvalue weighted by Gasteiger charge is 2.19. The van der Waals surface area contributed by atoms with Gasteiger partial charge in [0.1, 0.15) is 18.1 Å². The Morgan fingerprint density at radius 2 is 0.957 bits per heavy atom. The zero-order chi connectivity index (χ0) is 52.8. The molecule has 2 heteroatoms. The molecule has 8 aromatic carbocycles. The van der Waals surface area contributed by atoms with E-state index in [2.05, 4.69) is 0 Å². The highest BCUT2D eigenvalue weighted by atomic mass is 16.3. The number of fused-ring (bicyclic) bond motifs is 7. The van der Waals surface area contributed by atoms with Crippen LogP contribution in [0.5, 0.6) is 0 Å². The van der Waals surface area contributed by atoms with Gasteiger partial charge in [-0.25, -0.2) is 0 Å². The van der Waals surface area contributed by atoms with Gasteiger partial charge in [-0.05, 0) is 90.3 Å². The van der Waals surface area contributed by atoms with Crippen molar-refractivity contribution in [1.29, 1.82) is 0 Å². The fourth-order valence-electron chi connectivity index (χ4n) is 5.57. The van der Waals surface area contributed by atoms with Crippen molar-refractivity contribution >= 4 is 65.2 Å². The van der Waals surface area contributed by atoms with Gasteiger partial charge in [0.05, 0.1) is 40.5 Å². The van der Waals surface area contributed by atoms with Crippen LogP contribution in [0.25, 0.3) is 98.6 Å². The molecule has 0 N–H and O–H groups in total. The molecule has 10 aromatic rings. The summed E-state index contributed by atoms with van der Waals surface area (Å²) in [6.07, 6.45) is -0.846. The second-order valence-corrected chi connectivity index (χ2v) is 10.0. The number of benzene rings is 8. The molecule has 0 unspecified atom stereocenters. The molecule has 0 aliphatic carbocycles. The van der Waals surface area contributed by atoms with E-state index < -0.39 is 256 Å². The van der Waals surface area contributed by atoms with Crippen molar-refractivity contribution in [2.75, 3.05) is 0 Å². The quantitative estimate of drug-likeness (QED) is 0.186. The number of furan rings is 2. The monoisotopic (exact) mass is 612 g/mol. The van der Waals surface area contributed by atoms with E-state index in [0.29, 0.717) is 0 Å². The highest BCUT2D eigenvalue weighted by molar-refractivity contribution is 6.22. The van der Waals surface area contributed by atoms with Crippen LogP contribution in [0.3, 0.4) is 0 Å². The van der Waals surface area contributed by atoms with E-state index >= 15 is 0 Å². The third-order valence-corrected chi connectivity index (χ3v) is 7.54. The maximum absolute atomic E-state index is 9.71. The summed E-state index contributed by atoms with van der Waals surface area (Å²) in [5, 5.41) is -4.92. The molecule has 0 spiro atoms. The van der Waals surface area contributed by atoms with Crippen LogP contribution < -0.4 is 0 Å². The van der Waals surface area contributed by atoms with Gasteiger partial charge in [-0.2, -0.15) is 0 Å². The maximum atomic E-state index is 9.71. The summed E-state index contributed by atoms with van der Waals surface area (Å²) in [4.78, 5) is 0. The molecule has 0 amide bonds. The lowest BCUT2D eigenvalue weighted by atomic mass is 9.86. The van der Waals surface area contributed by atoms with E-state index in [-0.39, 0.29) is 0 Å².